The number of hydrogen-bond donors (Lipinski definition) is 1. The second-order valence-electron chi connectivity index (χ2n) is 26.3. The van der Waals surface area contributed by atoms with E-state index in [1.165, 1.54) is 40.4 Å². The summed E-state index contributed by atoms with van der Waals surface area (Å²) in [6, 6.07) is 36.5. The number of carbonyl (C=O) groups is 2. The van der Waals surface area contributed by atoms with Crippen LogP contribution in [-0.2, 0) is 42.0 Å². The van der Waals surface area contributed by atoms with E-state index in [-0.39, 0.29) is 24.5 Å². The van der Waals surface area contributed by atoms with Crippen molar-refractivity contribution in [1.29, 1.82) is 0 Å². The Morgan fingerprint density at radius 2 is 1.03 bits per heavy atom. The summed E-state index contributed by atoms with van der Waals surface area (Å²) in [4.78, 5) is 63.8. The maximum Gasteiger partial charge on any atom is 0.410 e. The number of piperazine rings is 2. The number of fused-ring (bicyclic) bond motifs is 4. The molecule has 1 N–H and O–H groups in total. The van der Waals surface area contributed by atoms with Gasteiger partial charge in [-0.05, 0) is 139 Å². The molecule has 0 radical (unpaired) electrons. The van der Waals surface area contributed by atoms with Crippen LogP contribution in [0.25, 0.3) is 21.5 Å². The van der Waals surface area contributed by atoms with Crippen LogP contribution in [-0.4, -0.2) is 179 Å². The third-order valence-corrected chi connectivity index (χ3v) is 18.6. The second-order valence-corrected chi connectivity index (χ2v) is 26.3. The molecule has 4 saturated heterocycles. The van der Waals surface area contributed by atoms with Gasteiger partial charge in [-0.15, -0.1) is 0 Å². The zero-order valence-corrected chi connectivity index (χ0v) is 54.3. The number of nitrogens with zero attached hydrogens (tertiary/aromatic N) is 12. The van der Waals surface area contributed by atoms with E-state index in [4.69, 9.17) is 38.9 Å². The zero-order valence-electron chi connectivity index (χ0n) is 54.3. The zero-order chi connectivity index (χ0) is 63.0. The Hall–Kier alpha value is -8.16. The number of hydrogen-bond acceptors (Lipinski definition) is 17. The van der Waals surface area contributed by atoms with Crippen molar-refractivity contribution in [2.24, 2.45) is 0 Å². The number of aromatic nitrogens is 4. The van der Waals surface area contributed by atoms with E-state index in [1.54, 1.807) is 9.80 Å². The van der Waals surface area contributed by atoms with Crippen LogP contribution < -0.4 is 29.1 Å². The molecule has 5 aromatic carbocycles. The van der Waals surface area contributed by atoms with Gasteiger partial charge in [-0.3, -0.25) is 9.80 Å². The molecule has 0 unspecified atom stereocenters. The van der Waals surface area contributed by atoms with Gasteiger partial charge < -0.3 is 53.5 Å². The Balaban J connectivity index is 0.000000176. The lowest BCUT2D eigenvalue weighted by Gasteiger charge is -2.38. The fourth-order valence-electron chi connectivity index (χ4n) is 14.1. The summed E-state index contributed by atoms with van der Waals surface area (Å²) in [7, 11) is 0. The van der Waals surface area contributed by atoms with Gasteiger partial charge in [-0.25, -0.2) is 9.59 Å². The number of phenolic OH excluding ortho intramolecular Hbond substituents is 1. The molecule has 0 aliphatic carbocycles. The van der Waals surface area contributed by atoms with Gasteiger partial charge in [0, 0.05) is 117 Å². The van der Waals surface area contributed by atoms with Crippen LogP contribution in [0.2, 0.25) is 0 Å². The third kappa shape index (κ3) is 15.1. The highest BCUT2D eigenvalue weighted by Gasteiger charge is 2.34. The Kier molecular flexibility index (Phi) is 19.8. The third-order valence-electron chi connectivity index (χ3n) is 18.6. The number of phenols is 1. The number of aromatic hydroxyl groups is 1. The number of benzene rings is 5. The smallest absolute Gasteiger partial charge is 0.410 e. The maximum absolute atomic E-state index is 12.9. The molecule has 91 heavy (non-hydrogen) atoms. The van der Waals surface area contributed by atoms with Gasteiger partial charge in [0.1, 0.15) is 42.8 Å². The first-order chi connectivity index (χ1) is 44.2. The van der Waals surface area contributed by atoms with E-state index >= 15 is 0 Å². The number of rotatable bonds is 16. The standard InChI is InChI=1S/C38H46N6O3.C34H46N6O4/c1-3-16-41-17-9-13-31(41)27-46-37-39-34-25-44(35-24-28(2)23-30-12-7-8-14-32(30)35)18-15-33(34)36(40-37)42-19-21-43(22-20-42)38(45)47-26-29-10-5-4-6-11-29;1-5-13-37-14-8-10-25(37)23-43-32-35-29-22-40(30-21-26(41)20-24-9-6-7-11-27(24)30)15-12-28(29)31(36-32)38-16-18-39(19-17-38)33(42)44-34(2,3)4/h4-8,10-12,14,23-24,31H,3,9,13,15-22,25-27H2,1-2H3;6-7,9,11,20-21,25,41H,5,8,10,12-19,22-23H2,1-4H3/t31-;25-/m00/s1. The van der Waals surface area contributed by atoms with Gasteiger partial charge in [0.2, 0.25) is 0 Å². The first-order valence-electron chi connectivity index (χ1n) is 33.4. The van der Waals surface area contributed by atoms with Crippen LogP contribution in [0.4, 0.5) is 32.6 Å². The van der Waals surface area contributed by atoms with E-state index in [1.807, 2.05) is 81.4 Å². The van der Waals surface area contributed by atoms with Crippen molar-refractivity contribution in [3.05, 3.63) is 137 Å². The highest BCUT2D eigenvalue weighted by molar-refractivity contribution is 5.96. The first kappa shape index (κ1) is 63.0. The van der Waals surface area contributed by atoms with Gasteiger partial charge in [0.15, 0.2) is 0 Å². The van der Waals surface area contributed by atoms with Gasteiger partial charge in [-0.1, -0.05) is 98.8 Å². The van der Waals surface area contributed by atoms with Crippen molar-refractivity contribution in [2.75, 3.05) is 124 Å². The Labute approximate surface area is 536 Å². The molecule has 4 fully saturated rings. The van der Waals surface area contributed by atoms with Gasteiger partial charge in [0.25, 0.3) is 0 Å². The minimum Gasteiger partial charge on any atom is -0.508 e. The second kappa shape index (κ2) is 28.6. The largest absolute Gasteiger partial charge is 0.508 e. The van der Waals surface area contributed by atoms with Crippen LogP contribution >= 0.6 is 0 Å². The molecule has 0 saturated carbocycles. The number of carbonyl (C=O) groups excluding carboxylic acids is 2. The summed E-state index contributed by atoms with van der Waals surface area (Å²) in [5.74, 6) is 2.12. The maximum atomic E-state index is 12.9. The summed E-state index contributed by atoms with van der Waals surface area (Å²) < 4.78 is 24.1. The molecule has 2 aromatic heterocycles. The molecule has 6 aliphatic rings. The molecule has 6 aliphatic heterocycles. The van der Waals surface area contributed by atoms with E-state index in [2.05, 4.69) is 92.6 Å². The van der Waals surface area contributed by atoms with Crippen molar-refractivity contribution in [3.8, 4) is 17.8 Å². The topological polar surface area (TPSA) is 169 Å². The van der Waals surface area contributed by atoms with Crippen LogP contribution in [0.15, 0.2) is 103 Å². The highest BCUT2D eigenvalue weighted by atomic mass is 16.6. The fourth-order valence-corrected chi connectivity index (χ4v) is 14.1. The highest BCUT2D eigenvalue weighted by Crippen LogP contribution is 2.39. The predicted octanol–water partition coefficient (Wildman–Crippen LogP) is 11.4. The molecule has 482 valence electrons. The lowest BCUT2D eigenvalue weighted by molar-refractivity contribution is 0.0240. The van der Waals surface area contributed by atoms with Gasteiger partial charge in [-0.2, -0.15) is 19.9 Å². The number of ether oxygens (including phenoxy) is 4. The molecule has 0 bridgehead atoms. The summed E-state index contributed by atoms with van der Waals surface area (Å²) in [5, 5.41) is 15.2. The van der Waals surface area contributed by atoms with Crippen LogP contribution in [0.3, 0.4) is 0 Å². The van der Waals surface area contributed by atoms with E-state index < -0.39 is 5.60 Å². The van der Waals surface area contributed by atoms with Crippen molar-refractivity contribution in [1.82, 2.24) is 39.5 Å². The number of likely N-dealkylation sites (tertiary alicyclic amines) is 2. The number of amides is 2. The summed E-state index contributed by atoms with van der Waals surface area (Å²) in [6.45, 7) is 26.2. The summed E-state index contributed by atoms with van der Waals surface area (Å²) in [6.07, 6.45) is 8.03. The van der Waals surface area contributed by atoms with E-state index in [0.717, 1.165) is 128 Å². The number of anilines is 4. The number of aryl methyl sites for hydroxylation is 1. The Morgan fingerprint density at radius 1 is 0.549 bits per heavy atom. The van der Waals surface area contributed by atoms with E-state index in [9.17, 15) is 14.7 Å². The summed E-state index contributed by atoms with van der Waals surface area (Å²) in [5.41, 5.74) is 8.28. The first-order valence-corrected chi connectivity index (χ1v) is 33.4. The van der Waals surface area contributed by atoms with Crippen molar-refractivity contribution < 1.29 is 33.6 Å². The van der Waals surface area contributed by atoms with Gasteiger partial charge in [0.05, 0.1) is 24.5 Å². The molecule has 0 spiro atoms. The minimum absolute atomic E-state index is 0.257. The molecule has 19 nitrogen and oxygen atoms in total. The average Bonchev–Trinajstić information content (AvgIpc) is 1.99. The molecule has 13 rings (SSSR count). The molecular formula is C72H92N12O7. The molecule has 7 aromatic rings. The Morgan fingerprint density at radius 3 is 1.55 bits per heavy atom. The summed E-state index contributed by atoms with van der Waals surface area (Å²) >= 11 is 0. The van der Waals surface area contributed by atoms with Crippen molar-refractivity contribution in [2.45, 2.75) is 130 Å². The lowest BCUT2D eigenvalue weighted by Crippen LogP contribution is -2.50. The van der Waals surface area contributed by atoms with Gasteiger partial charge >= 0.3 is 24.2 Å². The monoisotopic (exact) mass is 1240 g/mol. The van der Waals surface area contributed by atoms with Crippen LogP contribution in [0.5, 0.6) is 17.8 Å². The van der Waals surface area contributed by atoms with Crippen molar-refractivity contribution in [3.63, 3.8) is 0 Å². The normalized spacial score (nSPS) is 18.9. The molecule has 8 heterocycles. The Bertz CT molecular complexity index is 3640. The molecule has 2 atom stereocenters. The minimum atomic E-state index is -0.523. The van der Waals surface area contributed by atoms with Crippen LogP contribution in [0, 0.1) is 6.92 Å². The van der Waals surface area contributed by atoms with E-state index in [0.29, 0.717) is 103 Å². The molecular weight excluding hydrogens is 1140 g/mol. The average molecular weight is 1240 g/mol. The van der Waals surface area contributed by atoms with Crippen LogP contribution in [0.1, 0.15) is 107 Å². The lowest BCUT2D eigenvalue weighted by atomic mass is 10.0. The quantitative estimate of drug-likeness (QED) is 0.0969. The molecule has 2 amide bonds. The SMILES string of the molecule is CCCN1CCC[C@H]1COc1nc2c(c(N3CCN(C(=O)OC(C)(C)C)CC3)n1)CCN(c1cc(O)cc3ccccc13)C2.CCCN1CCC[C@H]1COc1nc2c(c(N3CCN(C(=O)OCc4ccccc4)CC3)n1)CCN(c1cc(C)cc3ccccc13)C2. The predicted molar refractivity (Wildman–Crippen MR) is 359 cm³/mol. The fraction of sp³-hybridized carbons (Fsp3) is 0.500. The van der Waals surface area contributed by atoms with Crippen molar-refractivity contribution >= 4 is 56.7 Å². The molecule has 19 heteroatoms.